The third-order valence-electron chi connectivity index (χ3n) is 5.49. The number of nitrogens with one attached hydrogen (secondary N) is 2. The van der Waals surface area contributed by atoms with Crippen LogP contribution in [0.2, 0.25) is 0 Å². The first-order chi connectivity index (χ1) is 16.1. The third-order valence-corrected chi connectivity index (χ3v) is 7.02. The SMILES string of the molecule is CN(C)c1cccc2c(S(=O)(=O)NC(CCNCc3ccc(B(O)O)cc3)C(N)=O)cccc12. The molecule has 11 heteroatoms. The van der Waals surface area contributed by atoms with Gasteiger partial charge >= 0.3 is 7.12 Å². The smallest absolute Gasteiger partial charge is 0.423 e. The van der Waals surface area contributed by atoms with Crippen molar-refractivity contribution in [3.05, 3.63) is 66.2 Å². The summed E-state index contributed by atoms with van der Waals surface area (Å²) < 4.78 is 28.8. The standard InChI is InChI=1S/C23H29BN4O5S/c1-28(2)21-7-3-6-19-18(21)5-4-8-22(19)34(32,33)27-20(23(25)29)13-14-26-15-16-9-11-17(12-10-16)24(30)31/h3-12,20,26-27,30-31H,13-15H2,1-2H3,(H2,25,29). The van der Waals surface area contributed by atoms with Gasteiger partial charge < -0.3 is 26.0 Å². The first kappa shape index (κ1) is 25.7. The average molecular weight is 484 g/mol. The largest absolute Gasteiger partial charge is 0.488 e. The predicted octanol–water partition coefficient (Wildman–Crippen LogP) is -0.102. The van der Waals surface area contributed by atoms with Crippen LogP contribution in [0, 0.1) is 0 Å². The summed E-state index contributed by atoms with van der Waals surface area (Å²) in [4.78, 5) is 14.0. The minimum Gasteiger partial charge on any atom is -0.423 e. The minimum atomic E-state index is -4.02. The minimum absolute atomic E-state index is 0.0825. The Balaban J connectivity index is 1.69. The van der Waals surface area contributed by atoms with E-state index in [1.165, 1.54) is 6.07 Å². The Kier molecular flexibility index (Phi) is 8.29. The number of anilines is 1. The van der Waals surface area contributed by atoms with Crippen molar-refractivity contribution < 1.29 is 23.3 Å². The van der Waals surface area contributed by atoms with Gasteiger partial charge in [-0.05, 0) is 36.1 Å². The normalized spacial score (nSPS) is 12.5. The maximum absolute atomic E-state index is 13.2. The van der Waals surface area contributed by atoms with Gasteiger partial charge in [-0.15, -0.1) is 0 Å². The van der Waals surface area contributed by atoms with Gasteiger partial charge in [0, 0.05) is 37.1 Å². The molecule has 0 aliphatic heterocycles. The Morgan fingerprint density at radius 1 is 1.03 bits per heavy atom. The van der Waals surface area contributed by atoms with Crippen LogP contribution >= 0.6 is 0 Å². The summed E-state index contributed by atoms with van der Waals surface area (Å²) in [6, 6.07) is 16.1. The lowest BCUT2D eigenvalue weighted by molar-refractivity contribution is -0.119. The highest BCUT2D eigenvalue weighted by Crippen LogP contribution is 2.30. The van der Waals surface area contributed by atoms with Gasteiger partial charge in [0.25, 0.3) is 0 Å². The highest BCUT2D eigenvalue weighted by Gasteiger charge is 2.25. The van der Waals surface area contributed by atoms with Crippen LogP contribution in [0.25, 0.3) is 10.8 Å². The van der Waals surface area contributed by atoms with Gasteiger partial charge in [0.05, 0.1) is 4.90 Å². The molecule has 0 radical (unpaired) electrons. The van der Waals surface area contributed by atoms with Gasteiger partial charge in [0.15, 0.2) is 0 Å². The third kappa shape index (κ3) is 6.13. The molecule has 9 nitrogen and oxygen atoms in total. The van der Waals surface area contributed by atoms with E-state index in [0.29, 0.717) is 23.9 Å². The molecule has 0 saturated carbocycles. The van der Waals surface area contributed by atoms with Gasteiger partial charge in [-0.1, -0.05) is 48.5 Å². The topological polar surface area (TPSA) is 145 Å². The molecular weight excluding hydrogens is 455 g/mol. The quantitative estimate of drug-likeness (QED) is 0.189. The van der Waals surface area contributed by atoms with Gasteiger partial charge in [-0.3, -0.25) is 4.79 Å². The van der Waals surface area contributed by atoms with Gasteiger partial charge in [-0.2, -0.15) is 4.72 Å². The van der Waals surface area contributed by atoms with E-state index in [1.807, 2.05) is 31.1 Å². The van der Waals surface area contributed by atoms with Crippen molar-refractivity contribution in [1.29, 1.82) is 0 Å². The number of sulfonamides is 1. The summed E-state index contributed by atoms with van der Waals surface area (Å²) in [5.41, 5.74) is 7.65. The molecule has 3 aromatic rings. The summed E-state index contributed by atoms with van der Waals surface area (Å²) in [7, 11) is -1.78. The molecule has 0 bridgehead atoms. The highest BCUT2D eigenvalue weighted by molar-refractivity contribution is 7.89. The molecule has 0 fully saturated rings. The summed E-state index contributed by atoms with van der Waals surface area (Å²) >= 11 is 0. The van der Waals surface area contributed by atoms with E-state index in [9.17, 15) is 13.2 Å². The highest BCUT2D eigenvalue weighted by atomic mass is 32.2. The van der Waals surface area contributed by atoms with Crippen molar-refractivity contribution in [3.63, 3.8) is 0 Å². The van der Waals surface area contributed by atoms with E-state index in [2.05, 4.69) is 10.0 Å². The molecule has 1 atom stereocenters. The van der Waals surface area contributed by atoms with E-state index in [-0.39, 0.29) is 11.3 Å². The van der Waals surface area contributed by atoms with E-state index in [1.54, 1.807) is 42.5 Å². The lowest BCUT2D eigenvalue weighted by Gasteiger charge is -2.19. The van der Waals surface area contributed by atoms with Crippen LogP contribution < -0.4 is 26.1 Å². The second-order valence-corrected chi connectivity index (χ2v) is 9.86. The first-order valence-electron chi connectivity index (χ1n) is 10.8. The number of benzene rings is 3. The zero-order valence-electron chi connectivity index (χ0n) is 19.1. The molecular formula is C23H29BN4O5S. The number of nitrogens with zero attached hydrogens (tertiary/aromatic N) is 1. The van der Waals surface area contributed by atoms with Crippen molar-refractivity contribution >= 4 is 45.0 Å². The van der Waals surface area contributed by atoms with E-state index >= 15 is 0 Å². The molecule has 0 aromatic heterocycles. The molecule has 180 valence electrons. The fourth-order valence-electron chi connectivity index (χ4n) is 3.69. The molecule has 0 aliphatic carbocycles. The monoisotopic (exact) mass is 484 g/mol. The van der Waals surface area contributed by atoms with Crippen molar-refractivity contribution in [2.45, 2.75) is 23.9 Å². The second-order valence-electron chi connectivity index (χ2n) is 8.18. The van der Waals surface area contributed by atoms with Crippen LogP contribution in [0.5, 0.6) is 0 Å². The lowest BCUT2D eigenvalue weighted by Crippen LogP contribution is -2.45. The number of carbonyl (C=O) groups excluding carboxylic acids is 1. The number of primary amides is 1. The Morgan fingerprint density at radius 3 is 2.29 bits per heavy atom. The number of rotatable bonds is 11. The first-order valence-corrected chi connectivity index (χ1v) is 12.2. The van der Waals surface area contributed by atoms with Crippen molar-refractivity contribution in [2.24, 2.45) is 5.73 Å². The summed E-state index contributed by atoms with van der Waals surface area (Å²) in [5, 5.41) is 22.8. The maximum atomic E-state index is 13.2. The number of nitrogens with two attached hydrogens (primary N) is 1. The number of carbonyl (C=O) groups is 1. The second kappa shape index (κ2) is 11.0. The number of hydrogen-bond acceptors (Lipinski definition) is 7. The Bertz CT molecular complexity index is 1250. The van der Waals surface area contributed by atoms with E-state index < -0.39 is 29.1 Å². The van der Waals surface area contributed by atoms with Crippen molar-refractivity contribution in [2.75, 3.05) is 25.5 Å². The van der Waals surface area contributed by atoms with E-state index in [0.717, 1.165) is 16.6 Å². The van der Waals surface area contributed by atoms with Gasteiger partial charge in [0.2, 0.25) is 15.9 Å². The number of fused-ring (bicyclic) bond motifs is 1. The maximum Gasteiger partial charge on any atom is 0.488 e. The fourth-order valence-corrected chi connectivity index (χ4v) is 5.15. The van der Waals surface area contributed by atoms with Crippen molar-refractivity contribution in [1.82, 2.24) is 10.0 Å². The molecule has 1 amide bonds. The molecule has 6 N–H and O–H groups in total. The lowest BCUT2D eigenvalue weighted by atomic mass is 9.80. The van der Waals surface area contributed by atoms with Crippen LogP contribution in [-0.4, -0.2) is 58.2 Å². The zero-order valence-corrected chi connectivity index (χ0v) is 19.9. The van der Waals surface area contributed by atoms with Gasteiger partial charge in [0.1, 0.15) is 6.04 Å². The molecule has 0 spiro atoms. The molecule has 1 unspecified atom stereocenters. The Labute approximate surface area is 199 Å². The fraction of sp³-hybridized carbons (Fsp3) is 0.261. The van der Waals surface area contributed by atoms with Crippen LogP contribution in [0.3, 0.4) is 0 Å². The van der Waals surface area contributed by atoms with Gasteiger partial charge in [-0.25, -0.2) is 8.42 Å². The Hall–Kier alpha value is -2.96. The number of amides is 1. The molecule has 3 rings (SSSR count). The Morgan fingerprint density at radius 2 is 1.68 bits per heavy atom. The molecule has 0 aliphatic rings. The van der Waals surface area contributed by atoms with E-state index in [4.69, 9.17) is 15.8 Å². The summed E-state index contributed by atoms with van der Waals surface area (Å²) in [6.07, 6.45) is 0.162. The molecule has 34 heavy (non-hydrogen) atoms. The number of hydrogen-bond donors (Lipinski definition) is 5. The zero-order chi connectivity index (χ0) is 24.9. The molecule has 0 heterocycles. The van der Waals surface area contributed by atoms with Crippen LogP contribution in [0.15, 0.2) is 65.6 Å². The van der Waals surface area contributed by atoms with Crippen LogP contribution in [0.4, 0.5) is 5.69 Å². The van der Waals surface area contributed by atoms with Crippen LogP contribution in [0.1, 0.15) is 12.0 Å². The predicted molar refractivity (Wildman–Crippen MR) is 134 cm³/mol. The average Bonchev–Trinajstić information content (AvgIpc) is 2.80. The molecule has 0 saturated heterocycles. The van der Waals surface area contributed by atoms with Crippen molar-refractivity contribution in [3.8, 4) is 0 Å². The van der Waals surface area contributed by atoms with Crippen LogP contribution in [-0.2, 0) is 21.4 Å². The molecule has 3 aromatic carbocycles. The summed E-state index contributed by atoms with van der Waals surface area (Å²) in [5.74, 6) is -0.763. The summed E-state index contributed by atoms with van der Waals surface area (Å²) in [6.45, 7) is 0.789.